The lowest BCUT2D eigenvalue weighted by molar-refractivity contribution is 0.607. The van der Waals surface area contributed by atoms with Crippen LogP contribution in [0.3, 0.4) is 0 Å². The molecule has 2 heteroatoms. The molecule has 36 heavy (non-hydrogen) atoms. The number of fused-ring (bicyclic) bond motifs is 5. The van der Waals surface area contributed by atoms with E-state index in [2.05, 4.69) is 96.9 Å². The molecular weight excluding hydrogens is 473 g/mol. The third-order valence-electron chi connectivity index (χ3n) is 7.15. The smallest absolute Gasteiger partial charge is 0.0784 e. The highest BCUT2D eigenvalue weighted by Gasteiger charge is 2.08. The summed E-state index contributed by atoms with van der Waals surface area (Å²) in [6.45, 7) is 2.27. The van der Waals surface area contributed by atoms with Crippen molar-refractivity contribution < 1.29 is 0 Å². The van der Waals surface area contributed by atoms with Crippen molar-refractivity contribution in [2.24, 2.45) is 0 Å². The van der Waals surface area contributed by atoms with E-state index in [-0.39, 0.29) is 0 Å². The van der Waals surface area contributed by atoms with Crippen molar-refractivity contribution in [3.05, 3.63) is 94.2 Å². The SMILES string of the molecule is CCCCCCCCc1ccc(C#Cc2cc3cc4ccc5cc6ccsc6cc5c4cc3s2)cc1. The summed E-state index contributed by atoms with van der Waals surface area (Å²) < 4.78 is 2.66. The van der Waals surface area contributed by atoms with Crippen LogP contribution in [0.25, 0.3) is 41.7 Å². The minimum Gasteiger partial charge on any atom is -0.144 e. The van der Waals surface area contributed by atoms with Crippen molar-refractivity contribution in [3.8, 4) is 11.8 Å². The molecule has 0 aliphatic rings. The van der Waals surface area contributed by atoms with Gasteiger partial charge in [0, 0.05) is 15.0 Å². The summed E-state index contributed by atoms with van der Waals surface area (Å²) in [7, 11) is 0. The van der Waals surface area contributed by atoms with Crippen LogP contribution in [0.1, 0.15) is 61.5 Å². The third kappa shape index (κ3) is 4.92. The van der Waals surface area contributed by atoms with Crippen LogP contribution >= 0.6 is 22.7 Å². The number of aryl methyl sites for hydroxylation is 1. The van der Waals surface area contributed by atoms with Crippen LogP contribution in [-0.2, 0) is 6.42 Å². The Morgan fingerprint density at radius 3 is 2.14 bits per heavy atom. The maximum absolute atomic E-state index is 3.42. The van der Waals surface area contributed by atoms with Gasteiger partial charge in [-0.2, -0.15) is 0 Å². The van der Waals surface area contributed by atoms with Gasteiger partial charge < -0.3 is 0 Å². The van der Waals surface area contributed by atoms with Gasteiger partial charge in [0.15, 0.2) is 0 Å². The normalized spacial score (nSPS) is 11.5. The molecule has 0 radical (unpaired) electrons. The fraction of sp³-hybridized carbons (Fsp3) is 0.235. The highest BCUT2D eigenvalue weighted by Crippen LogP contribution is 2.36. The van der Waals surface area contributed by atoms with E-state index in [1.165, 1.54) is 92.2 Å². The lowest BCUT2D eigenvalue weighted by Crippen LogP contribution is -1.86. The third-order valence-corrected chi connectivity index (χ3v) is 9.04. The molecule has 0 unspecified atom stereocenters. The standard InChI is InChI=1S/C34H30S2/c1-2-3-4-5-6-7-8-24-9-11-25(12-10-24)13-16-30-21-29-20-27-15-14-26-19-28-17-18-35-33(28)22-31(26)32(27)23-34(29)36-30/h9-12,14-15,17-23H,2-8H2,1H3. The molecule has 2 heterocycles. The molecule has 6 rings (SSSR count). The van der Waals surface area contributed by atoms with E-state index >= 15 is 0 Å². The summed E-state index contributed by atoms with van der Waals surface area (Å²) >= 11 is 3.61. The van der Waals surface area contributed by atoms with Crippen molar-refractivity contribution >= 4 is 64.4 Å². The van der Waals surface area contributed by atoms with Crippen molar-refractivity contribution in [1.29, 1.82) is 0 Å². The second-order valence-corrected chi connectivity index (χ2v) is 11.8. The van der Waals surface area contributed by atoms with Gasteiger partial charge in [-0.3, -0.25) is 0 Å². The Balaban J connectivity index is 1.21. The van der Waals surface area contributed by atoms with Gasteiger partial charge in [0.25, 0.3) is 0 Å². The molecule has 0 amide bonds. The zero-order chi connectivity index (χ0) is 24.3. The predicted octanol–water partition coefficient (Wildman–Crippen LogP) is 10.7. The van der Waals surface area contributed by atoms with Gasteiger partial charge in [-0.15, -0.1) is 22.7 Å². The van der Waals surface area contributed by atoms with Gasteiger partial charge in [0.2, 0.25) is 0 Å². The first kappa shape index (κ1) is 23.3. The number of hydrogen-bond acceptors (Lipinski definition) is 2. The molecule has 0 saturated heterocycles. The van der Waals surface area contributed by atoms with Crippen LogP contribution in [0.5, 0.6) is 0 Å². The molecule has 0 aliphatic carbocycles. The Morgan fingerprint density at radius 1 is 0.611 bits per heavy atom. The topological polar surface area (TPSA) is 0 Å². The fourth-order valence-electron chi connectivity index (χ4n) is 5.11. The summed E-state index contributed by atoms with van der Waals surface area (Å²) in [6, 6.07) is 27.2. The Labute approximate surface area is 221 Å². The van der Waals surface area contributed by atoms with E-state index in [0.717, 1.165) is 10.4 Å². The minimum atomic E-state index is 1.09. The molecule has 0 nitrogen and oxygen atoms in total. The number of benzene rings is 4. The molecule has 178 valence electrons. The molecule has 0 atom stereocenters. The molecule has 0 N–H and O–H groups in total. The van der Waals surface area contributed by atoms with E-state index in [9.17, 15) is 0 Å². The van der Waals surface area contributed by atoms with Crippen molar-refractivity contribution in [2.45, 2.75) is 51.9 Å². The molecule has 0 bridgehead atoms. The van der Waals surface area contributed by atoms with Crippen LogP contribution in [0, 0.1) is 11.8 Å². The zero-order valence-corrected chi connectivity index (χ0v) is 22.4. The first-order chi connectivity index (χ1) is 17.8. The van der Waals surface area contributed by atoms with Crippen molar-refractivity contribution in [3.63, 3.8) is 0 Å². The first-order valence-corrected chi connectivity index (χ1v) is 14.8. The molecule has 0 saturated carbocycles. The van der Waals surface area contributed by atoms with E-state index < -0.39 is 0 Å². The predicted molar refractivity (Wildman–Crippen MR) is 162 cm³/mol. The van der Waals surface area contributed by atoms with Gasteiger partial charge in [-0.1, -0.05) is 75.1 Å². The Hall–Kier alpha value is -3.12. The molecule has 4 aromatic carbocycles. The maximum atomic E-state index is 3.42. The number of thiophene rings is 2. The molecule has 0 spiro atoms. The van der Waals surface area contributed by atoms with Crippen LogP contribution < -0.4 is 0 Å². The second-order valence-electron chi connectivity index (χ2n) is 9.78. The molecule has 6 aromatic rings. The fourth-order valence-corrected chi connectivity index (χ4v) is 6.86. The zero-order valence-electron chi connectivity index (χ0n) is 20.8. The quantitative estimate of drug-likeness (QED) is 0.116. The lowest BCUT2D eigenvalue weighted by atomic mass is 10.00. The highest BCUT2D eigenvalue weighted by molar-refractivity contribution is 7.19. The van der Waals surface area contributed by atoms with E-state index in [1.54, 1.807) is 11.3 Å². The lowest BCUT2D eigenvalue weighted by Gasteiger charge is -2.05. The summed E-state index contributed by atoms with van der Waals surface area (Å²) in [6.07, 6.45) is 9.26. The van der Waals surface area contributed by atoms with Crippen LogP contribution in [0.2, 0.25) is 0 Å². The summed E-state index contributed by atoms with van der Waals surface area (Å²) in [4.78, 5) is 1.13. The van der Waals surface area contributed by atoms with Crippen molar-refractivity contribution in [1.82, 2.24) is 0 Å². The average Bonchev–Trinajstić information content (AvgIpc) is 3.53. The van der Waals surface area contributed by atoms with E-state index in [1.807, 2.05) is 11.3 Å². The van der Waals surface area contributed by atoms with E-state index in [4.69, 9.17) is 0 Å². The van der Waals surface area contributed by atoms with Crippen LogP contribution in [0.15, 0.2) is 78.2 Å². The number of unbranched alkanes of at least 4 members (excludes halogenated alkanes) is 5. The second kappa shape index (κ2) is 10.5. The molecular formula is C34H30S2. The number of rotatable bonds is 7. The molecule has 2 aromatic heterocycles. The van der Waals surface area contributed by atoms with Gasteiger partial charge in [0.05, 0.1) is 4.88 Å². The minimum absolute atomic E-state index is 1.09. The Kier molecular flexibility index (Phi) is 6.77. The Morgan fingerprint density at radius 2 is 1.33 bits per heavy atom. The maximum Gasteiger partial charge on any atom is 0.0784 e. The molecule has 0 fully saturated rings. The highest BCUT2D eigenvalue weighted by atomic mass is 32.1. The van der Waals surface area contributed by atoms with Gasteiger partial charge in [0.1, 0.15) is 0 Å². The van der Waals surface area contributed by atoms with Gasteiger partial charge >= 0.3 is 0 Å². The van der Waals surface area contributed by atoms with Crippen molar-refractivity contribution in [2.75, 3.05) is 0 Å². The van der Waals surface area contributed by atoms with Crippen LogP contribution in [-0.4, -0.2) is 0 Å². The van der Waals surface area contributed by atoms with E-state index in [0.29, 0.717) is 0 Å². The summed E-state index contributed by atoms with van der Waals surface area (Å²) in [5.74, 6) is 6.81. The molecule has 0 aliphatic heterocycles. The van der Waals surface area contributed by atoms with Gasteiger partial charge in [-0.25, -0.2) is 0 Å². The summed E-state index contributed by atoms with van der Waals surface area (Å²) in [5, 5.41) is 10.1. The first-order valence-electron chi connectivity index (χ1n) is 13.1. The largest absolute Gasteiger partial charge is 0.144 e. The Bertz CT molecular complexity index is 1720. The summed E-state index contributed by atoms with van der Waals surface area (Å²) in [5.41, 5.74) is 2.52. The van der Waals surface area contributed by atoms with Crippen LogP contribution in [0.4, 0.5) is 0 Å². The average molecular weight is 503 g/mol. The monoisotopic (exact) mass is 502 g/mol. The number of hydrogen-bond donors (Lipinski definition) is 0. The van der Waals surface area contributed by atoms with Gasteiger partial charge in [-0.05, 0) is 105 Å².